The summed E-state index contributed by atoms with van der Waals surface area (Å²) in [5.74, 6) is -0.558. The van der Waals surface area contributed by atoms with Gasteiger partial charge in [0.15, 0.2) is 0 Å². The van der Waals surface area contributed by atoms with Crippen LogP contribution < -0.4 is 0 Å². The summed E-state index contributed by atoms with van der Waals surface area (Å²) < 4.78 is 0. The van der Waals surface area contributed by atoms with Crippen molar-refractivity contribution in [2.45, 2.75) is 6.92 Å². The van der Waals surface area contributed by atoms with Crippen LogP contribution in [0.15, 0.2) is 12.4 Å². The molecule has 0 aliphatic rings. The first-order valence-corrected chi connectivity index (χ1v) is 2.98. The summed E-state index contributed by atoms with van der Waals surface area (Å²) in [6.07, 6.45) is 2.83. The van der Waals surface area contributed by atoms with Gasteiger partial charge < -0.3 is 0 Å². The van der Waals surface area contributed by atoms with Crippen molar-refractivity contribution in [1.82, 2.24) is 9.97 Å². The van der Waals surface area contributed by atoms with Gasteiger partial charge in [-0.05, 0) is 6.92 Å². The van der Waals surface area contributed by atoms with Gasteiger partial charge >= 0.3 is 5.91 Å². The van der Waals surface area contributed by atoms with Crippen LogP contribution in [0.25, 0.3) is 4.85 Å². The largest absolute Gasteiger partial charge is 0.567 e. The van der Waals surface area contributed by atoms with Crippen LogP contribution in [0.3, 0.4) is 0 Å². The molecule has 0 saturated carbocycles. The summed E-state index contributed by atoms with van der Waals surface area (Å²) in [7, 11) is 0. The molecule has 4 heteroatoms. The Bertz CT molecular complexity index is 309. The van der Waals surface area contributed by atoms with Crippen LogP contribution in [-0.2, 0) is 0 Å². The van der Waals surface area contributed by atoms with Gasteiger partial charge in [0, 0.05) is 11.0 Å². The molecule has 1 aromatic rings. The molecule has 0 fully saturated rings. The zero-order chi connectivity index (χ0) is 8.27. The molecule has 0 spiro atoms. The van der Waals surface area contributed by atoms with E-state index in [4.69, 9.17) is 6.57 Å². The Labute approximate surface area is 63.7 Å². The number of hydrogen-bond donors (Lipinski definition) is 0. The highest BCUT2D eigenvalue weighted by Crippen LogP contribution is 1.95. The maximum atomic E-state index is 10.7. The van der Waals surface area contributed by atoms with Crippen molar-refractivity contribution < 1.29 is 4.79 Å². The van der Waals surface area contributed by atoms with Crippen LogP contribution in [-0.4, -0.2) is 15.9 Å². The van der Waals surface area contributed by atoms with E-state index in [-0.39, 0.29) is 5.69 Å². The predicted molar refractivity (Wildman–Crippen MR) is 39.4 cm³/mol. The number of rotatable bonds is 1. The van der Waals surface area contributed by atoms with Crippen LogP contribution in [0.4, 0.5) is 0 Å². The fourth-order valence-electron chi connectivity index (χ4n) is 0.569. The third kappa shape index (κ3) is 1.58. The molecular formula is C7H6N3O+. The molecule has 4 nitrogen and oxygen atoms in total. The van der Waals surface area contributed by atoms with E-state index in [1.165, 1.54) is 12.4 Å². The Hall–Kier alpha value is -1.76. The van der Waals surface area contributed by atoms with E-state index in [2.05, 4.69) is 14.8 Å². The van der Waals surface area contributed by atoms with Crippen LogP contribution in [0, 0.1) is 13.5 Å². The highest BCUT2D eigenvalue weighted by atomic mass is 16.1. The monoisotopic (exact) mass is 148 g/mol. The molecule has 0 unspecified atom stereocenters. The maximum Gasteiger partial charge on any atom is 0.567 e. The molecular weight excluding hydrogens is 142 g/mol. The molecule has 0 aliphatic carbocycles. The minimum absolute atomic E-state index is 0.165. The minimum atomic E-state index is -0.558. The van der Waals surface area contributed by atoms with Crippen molar-refractivity contribution >= 4 is 5.91 Å². The zero-order valence-electron chi connectivity index (χ0n) is 5.98. The van der Waals surface area contributed by atoms with Gasteiger partial charge in [0.2, 0.25) is 5.69 Å². The van der Waals surface area contributed by atoms with Crippen molar-refractivity contribution in [3.63, 3.8) is 0 Å². The van der Waals surface area contributed by atoms with Gasteiger partial charge in [-0.3, -0.25) is 4.98 Å². The van der Waals surface area contributed by atoms with Crippen molar-refractivity contribution in [1.29, 1.82) is 0 Å². The quantitative estimate of drug-likeness (QED) is 0.594. The second kappa shape index (κ2) is 2.88. The van der Waals surface area contributed by atoms with E-state index >= 15 is 0 Å². The number of nitrogens with zero attached hydrogens (tertiary/aromatic N) is 3. The van der Waals surface area contributed by atoms with E-state index < -0.39 is 5.91 Å². The molecule has 1 heterocycles. The molecule has 0 N–H and O–H groups in total. The summed E-state index contributed by atoms with van der Waals surface area (Å²) in [6.45, 7) is 6.53. The van der Waals surface area contributed by atoms with Crippen molar-refractivity contribution in [3.05, 3.63) is 28.6 Å². The fourth-order valence-corrected chi connectivity index (χ4v) is 0.569. The van der Waals surface area contributed by atoms with Gasteiger partial charge in [-0.15, -0.1) is 0 Å². The lowest BCUT2D eigenvalue weighted by Crippen LogP contribution is -1.97. The van der Waals surface area contributed by atoms with Gasteiger partial charge in [-0.1, -0.05) is 0 Å². The Kier molecular flexibility index (Phi) is 1.93. The van der Waals surface area contributed by atoms with E-state index in [1.54, 1.807) is 6.92 Å². The average Bonchev–Trinajstić information content (AvgIpc) is 2.05. The first-order chi connectivity index (χ1) is 5.24. The standard InChI is InChI=1S/C7H6N3O/c1-5-3-10-6(4-9-5)7(11)8-2/h2-4H,1H3/q+1. The summed E-state index contributed by atoms with van der Waals surface area (Å²) in [5.41, 5.74) is 0.914. The number of carbonyl (C=O) groups excluding carboxylic acids is 1. The number of carbonyl (C=O) groups is 1. The summed E-state index contributed by atoms with van der Waals surface area (Å²) in [5, 5.41) is 0. The number of amides is 1. The van der Waals surface area contributed by atoms with Crippen molar-refractivity contribution in [3.8, 4) is 6.57 Å². The number of hydrogen-bond acceptors (Lipinski definition) is 3. The third-order valence-corrected chi connectivity index (χ3v) is 1.12. The summed E-state index contributed by atoms with van der Waals surface area (Å²) >= 11 is 0. The van der Waals surface area contributed by atoms with E-state index in [0.29, 0.717) is 0 Å². The highest BCUT2D eigenvalue weighted by Gasteiger charge is 2.15. The minimum Gasteiger partial charge on any atom is -0.257 e. The van der Waals surface area contributed by atoms with Gasteiger partial charge in [0.25, 0.3) is 6.57 Å². The van der Waals surface area contributed by atoms with E-state index in [0.717, 1.165) is 5.69 Å². The second-order valence-electron chi connectivity index (χ2n) is 1.98. The average molecular weight is 148 g/mol. The van der Waals surface area contributed by atoms with E-state index in [1.807, 2.05) is 0 Å². The van der Waals surface area contributed by atoms with Gasteiger partial charge in [0.05, 0.1) is 11.9 Å². The predicted octanol–water partition coefficient (Wildman–Crippen LogP) is 0.888. The van der Waals surface area contributed by atoms with Gasteiger partial charge in [-0.2, -0.15) is 4.79 Å². The Morgan fingerprint density at radius 3 is 2.73 bits per heavy atom. The Morgan fingerprint density at radius 2 is 2.27 bits per heavy atom. The molecule has 0 aliphatic heterocycles. The fraction of sp³-hybridized carbons (Fsp3) is 0.143. The van der Waals surface area contributed by atoms with Crippen LogP contribution >= 0.6 is 0 Å². The highest BCUT2D eigenvalue weighted by molar-refractivity contribution is 5.99. The molecule has 0 atom stereocenters. The van der Waals surface area contributed by atoms with Gasteiger partial charge in [-0.25, -0.2) is 4.98 Å². The normalized spacial score (nSPS) is 8.73. The molecule has 0 bridgehead atoms. The lowest BCUT2D eigenvalue weighted by molar-refractivity contribution is 0.104. The Morgan fingerprint density at radius 1 is 1.55 bits per heavy atom. The maximum absolute atomic E-state index is 10.7. The van der Waals surface area contributed by atoms with E-state index in [9.17, 15) is 4.79 Å². The molecule has 1 rings (SSSR count). The Balaban J connectivity index is 3.01. The SMILES string of the molecule is C#[N+]C(=O)c1cnc(C)cn1. The van der Waals surface area contributed by atoms with Crippen molar-refractivity contribution in [2.75, 3.05) is 0 Å². The molecule has 1 amide bonds. The molecule has 0 aromatic carbocycles. The molecule has 54 valence electrons. The van der Waals surface area contributed by atoms with Crippen molar-refractivity contribution in [2.24, 2.45) is 0 Å². The first kappa shape index (κ1) is 7.35. The summed E-state index contributed by atoms with van der Waals surface area (Å²) in [6, 6.07) is 0. The first-order valence-electron chi connectivity index (χ1n) is 2.98. The smallest absolute Gasteiger partial charge is 0.257 e. The van der Waals surface area contributed by atoms with Crippen LogP contribution in [0.2, 0.25) is 0 Å². The lowest BCUT2D eigenvalue weighted by Gasteiger charge is -1.87. The third-order valence-electron chi connectivity index (χ3n) is 1.12. The molecule has 0 saturated heterocycles. The molecule has 1 aromatic heterocycles. The number of aromatic nitrogens is 2. The summed E-state index contributed by atoms with van der Waals surface area (Å²) in [4.78, 5) is 21.3. The second-order valence-corrected chi connectivity index (χ2v) is 1.98. The lowest BCUT2D eigenvalue weighted by atomic mass is 10.4. The van der Waals surface area contributed by atoms with Crippen LogP contribution in [0.5, 0.6) is 0 Å². The topological polar surface area (TPSA) is 47.2 Å². The molecule has 0 radical (unpaired) electrons. The molecule has 11 heavy (non-hydrogen) atoms. The zero-order valence-corrected chi connectivity index (χ0v) is 5.98. The number of aryl methyl sites for hydroxylation is 1. The van der Waals surface area contributed by atoms with Crippen LogP contribution in [0.1, 0.15) is 16.2 Å². The van der Waals surface area contributed by atoms with Gasteiger partial charge in [0.1, 0.15) is 0 Å².